The molecule has 1 aromatic rings. The van der Waals surface area contributed by atoms with Gasteiger partial charge in [0.2, 0.25) is 0 Å². The van der Waals surface area contributed by atoms with Crippen LogP contribution in [0.5, 0.6) is 0 Å². The number of rotatable bonds is 3. The highest BCUT2D eigenvalue weighted by Gasteiger charge is 2.53. The van der Waals surface area contributed by atoms with Crippen LogP contribution in [0.1, 0.15) is 19.3 Å². The molecule has 3 nitrogen and oxygen atoms in total. The lowest BCUT2D eigenvalue weighted by Crippen LogP contribution is -2.40. The molecule has 0 radical (unpaired) electrons. The predicted molar refractivity (Wildman–Crippen MR) is 69.5 cm³/mol. The number of hydrogen-bond acceptors (Lipinski definition) is 3. The number of sulfone groups is 1. The maximum atomic E-state index is 12.7. The summed E-state index contributed by atoms with van der Waals surface area (Å²) in [6.45, 7) is 3.68. The van der Waals surface area contributed by atoms with E-state index in [2.05, 4.69) is 12.6 Å². The minimum absolute atomic E-state index is 0.223. The second-order valence-electron chi connectivity index (χ2n) is 4.55. The molecule has 0 spiro atoms. The maximum Gasteiger partial charge on any atom is 0.198 e. The van der Waals surface area contributed by atoms with Gasteiger partial charge in [-0.05, 0) is 25.0 Å². The number of benzene rings is 1. The van der Waals surface area contributed by atoms with Gasteiger partial charge < -0.3 is 0 Å². The molecule has 1 aliphatic carbocycles. The summed E-state index contributed by atoms with van der Waals surface area (Å²) in [6.07, 6.45) is 3.45. The third-order valence-electron chi connectivity index (χ3n) is 3.67. The highest BCUT2D eigenvalue weighted by atomic mass is 32.2. The largest absolute Gasteiger partial charge is 0.222 e. The zero-order chi connectivity index (χ0) is 13.2. The molecule has 1 saturated carbocycles. The summed E-state index contributed by atoms with van der Waals surface area (Å²) in [6, 6.07) is 10.3. The van der Waals surface area contributed by atoms with Crippen molar-refractivity contribution in [3.8, 4) is 6.07 Å². The lowest BCUT2D eigenvalue weighted by molar-refractivity contribution is 0.523. The molecule has 18 heavy (non-hydrogen) atoms. The molecule has 0 bridgehead atoms. The van der Waals surface area contributed by atoms with E-state index in [-0.39, 0.29) is 10.8 Å². The van der Waals surface area contributed by atoms with Crippen molar-refractivity contribution in [1.29, 1.82) is 5.26 Å². The van der Waals surface area contributed by atoms with Crippen molar-refractivity contribution in [3.05, 3.63) is 43.0 Å². The molecule has 0 aromatic heterocycles. The molecule has 0 saturated heterocycles. The summed E-state index contributed by atoms with van der Waals surface area (Å²) < 4.78 is 24.0. The van der Waals surface area contributed by atoms with E-state index in [9.17, 15) is 13.7 Å². The zero-order valence-corrected chi connectivity index (χ0v) is 10.9. The third kappa shape index (κ3) is 1.67. The van der Waals surface area contributed by atoms with Gasteiger partial charge in [-0.2, -0.15) is 5.26 Å². The van der Waals surface area contributed by atoms with E-state index in [1.807, 2.05) is 0 Å². The van der Waals surface area contributed by atoms with Crippen LogP contribution in [-0.4, -0.2) is 13.2 Å². The molecule has 0 N–H and O–H groups in total. The van der Waals surface area contributed by atoms with Gasteiger partial charge in [0.15, 0.2) is 14.6 Å². The zero-order valence-electron chi connectivity index (χ0n) is 10.0. The van der Waals surface area contributed by atoms with Gasteiger partial charge in [0.25, 0.3) is 0 Å². The Morgan fingerprint density at radius 1 is 1.39 bits per heavy atom. The Bertz CT molecular complexity index is 586. The molecule has 1 aliphatic rings. The van der Waals surface area contributed by atoms with E-state index in [1.165, 1.54) is 0 Å². The first-order chi connectivity index (χ1) is 8.58. The van der Waals surface area contributed by atoms with Gasteiger partial charge in [0.1, 0.15) is 0 Å². The van der Waals surface area contributed by atoms with E-state index >= 15 is 0 Å². The molecular weight excluding hydrogens is 246 g/mol. The van der Waals surface area contributed by atoms with Crippen LogP contribution in [0.3, 0.4) is 0 Å². The second-order valence-corrected chi connectivity index (χ2v) is 6.76. The lowest BCUT2D eigenvalue weighted by atomic mass is 9.97. The average molecular weight is 261 g/mol. The van der Waals surface area contributed by atoms with Gasteiger partial charge in [-0.1, -0.05) is 30.7 Å². The molecule has 1 aromatic carbocycles. The standard InChI is InChI=1S/C14H15NO2S/c1-2-12-7-6-10-14(12,11-15)18(16,17)13-8-4-3-5-9-13/h2-5,8-9,12H,1,6-7,10H2/t12-,14-/m0/s1. The number of hydrogen-bond donors (Lipinski definition) is 0. The Labute approximate surface area is 108 Å². The fourth-order valence-electron chi connectivity index (χ4n) is 2.65. The van der Waals surface area contributed by atoms with Crippen LogP contribution < -0.4 is 0 Å². The summed E-state index contributed by atoms with van der Waals surface area (Å²) in [5.74, 6) is -0.285. The Morgan fingerprint density at radius 3 is 2.61 bits per heavy atom. The normalized spacial score (nSPS) is 27.6. The fourth-order valence-corrected chi connectivity index (χ4v) is 4.74. The Hall–Kier alpha value is -1.60. The summed E-state index contributed by atoms with van der Waals surface area (Å²) in [5, 5.41) is 9.44. The van der Waals surface area contributed by atoms with Crippen LogP contribution >= 0.6 is 0 Å². The van der Waals surface area contributed by atoms with E-state index in [4.69, 9.17) is 0 Å². The average Bonchev–Trinajstić information content (AvgIpc) is 2.84. The fraction of sp³-hybridized carbons (Fsp3) is 0.357. The number of allylic oxidation sites excluding steroid dienone is 1. The van der Waals surface area contributed by atoms with Crippen LogP contribution in [0.15, 0.2) is 47.9 Å². The number of nitriles is 1. The second kappa shape index (κ2) is 4.58. The first-order valence-electron chi connectivity index (χ1n) is 5.92. The van der Waals surface area contributed by atoms with Crippen molar-refractivity contribution in [2.45, 2.75) is 28.9 Å². The first-order valence-corrected chi connectivity index (χ1v) is 7.40. The van der Waals surface area contributed by atoms with Crippen molar-refractivity contribution in [1.82, 2.24) is 0 Å². The van der Waals surface area contributed by atoms with Crippen molar-refractivity contribution >= 4 is 9.84 Å². The molecule has 2 rings (SSSR count). The molecule has 4 heteroatoms. The summed E-state index contributed by atoms with van der Waals surface area (Å²) in [5.41, 5.74) is 0. The predicted octanol–water partition coefficient (Wildman–Crippen LogP) is 2.71. The van der Waals surface area contributed by atoms with E-state index in [0.717, 1.165) is 6.42 Å². The monoisotopic (exact) mass is 261 g/mol. The van der Waals surface area contributed by atoms with Gasteiger partial charge in [0, 0.05) is 5.92 Å². The Balaban J connectivity index is 2.59. The van der Waals surface area contributed by atoms with E-state index in [0.29, 0.717) is 12.8 Å². The third-order valence-corrected chi connectivity index (χ3v) is 6.12. The molecule has 1 fully saturated rings. The van der Waals surface area contributed by atoms with Gasteiger partial charge in [0.05, 0.1) is 11.0 Å². The summed E-state index contributed by atoms with van der Waals surface area (Å²) in [7, 11) is -3.64. The smallest absolute Gasteiger partial charge is 0.198 e. The summed E-state index contributed by atoms with van der Waals surface area (Å²) >= 11 is 0. The topological polar surface area (TPSA) is 57.9 Å². The summed E-state index contributed by atoms with van der Waals surface area (Å²) in [4.78, 5) is 0.223. The van der Waals surface area contributed by atoms with Crippen LogP contribution in [0.4, 0.5) is 0 Å². The SMILES string of the molecule is C=C[C@H]1CCC[C@@]1(C#N)S(=O)(=O)c1ccccc1. The van der Waals surface area contributed by atoms with Crippen molar-refractivity contribution in [2.24, 2.45) is 5.92 Å². The van der Waals surface area contributed by atoms with E-state index in [1.54, 1.807) is 36.4 Å². The van der Waals surface area contributed by atoms with Crippen molar-refractivity contribution in [2.75, 3.05) is 0 Å². The molecule has 0 aliphatic heterocycles. The minimum Gasteiger partial charge on any atom is -0.222 e. The van der Waals surface area contributed by atoms with Gasteiger partial charge in [-0.3, -0.25) is 0 Å². The molecular formula is C14H15NO2S. The molecule has 0 heterocycles. The molecule has 0 amide bonds. The number of nitrogens with zero attached hydrogens (tertiary/aromatic N) is 1. The van der Waals surface area contributed by atoms with Gasteiger partial charge in [-0.15, -0.1) is 6.58 Å². The van der Waals surface area contributed by atoms with Gasteiger partial charge in [-0.25, -0.2) is 8.42 Å². The molecule has 94 valence electrons. The quantitative estimate of drug-likeness (QED) is 0.786. The Kier molecular flexibility index (Phi) is 3.27. The lowest BCUT2D eigenvalue weighted by Gasteiger charge is -2.26. The van der Waals surface area contributed by atoms with Crippen LogP contribution in [-0.2, 0) is 9.84 Å². The van der Waals surface area contributed by atoms with Crippen LogP contribution in [0.2, 0.25) is 0 Å². The molecule has 0 unspecified atom stereocenters. The maximum absolute atomic E-state index is 12.7. The van der Waals surface area contributed by atoms with Crippen molar-refractivity contribution in [3.63, 3.8) is 0 Å². The Morgan fingerprint density at radius 2 is 2.06 bits per heavy atom. The van der Waals surface area contributed by atoms with Gasteiger partial charge >= 0.3 is 0 Å². The van der Waals surface area contributed by atoms with E-state index < -0.39 is 14.6 Å². The highest BCUT2D eigenvalue weighted by Crippen LogP contribution is 2.44. The van der Waals surface area contributed by atoms with Crippen LogP contribution in [0, 0.1) is 17.2 Å². The molecule has 2 atom stereocenters. The highest BCUT2D eigenvalue weighted by molar-refractivity contribution is 7.93. The van der Waals surface area contributed by atoms with Crippen LogP contribution in [0.25, 0.3) is 0 Å². The van der Waals surface area contributed by atoms with Crippen molar-refractivity contribution < 1.29 is 8.42 Å². The first kappa shape index (κ1) is 12.8. The minimum atomic E-state index is -3.64.